The molecule has 0 aliphatic carbocycles. The molecule has 0 bridgehead atoms. The van der Waals surface area contributed by atoms with Crippen LogP contribution in [0.5, 0.6) is 0 Å². The van der Waals surface area contributed by atoms with Gasteiger partial charge in [-0.3, -0.25) is 9.59 Å². The average molecular weight is 551 g/mol. The van der Waals surface area contributed by atoms with E-state index in [1.165, 1.54) is 7.11 Å². The van der Waals surface area contributed by atoms with Crippen LogP contribution in [0, 0.1) is 0 Å². The molecule has 1 aromatic heterocycles. The number of ether oxygens (including phenoxy) is 1. The third-order valence-electron chi connectivity index (χ3n) is 6.57. The minimum absolute atomic E-state index is 0.0591. The van der Waals surface area contributed by atoms with E-state index in [0.29, 0.717) is 5.56 Å². The molecule has 0 saturated heterocycles. The van der Waals surface area contributed by atoms with E-state index in [2.05, 4.69) is 12.2 Å². The van der Waals surface area contributed by atoms with Gasteiger partial charge in [0.25, 0.3) is 11.5 Å². The second-order valence-corrected chi connectivity index (χ2v) is 9.85. The lowest BCUT2D eigenvalue weighted by Crippen LogP contribution is -2.43. The number of pyridine rings is 1. The Morgan fingerprint density at radius 3 is 2.26 bits per heavy atom. The smallest absolute Gasteiger partial charge is 0.328 e. The van der Waals surface area contributed by atoms with Crippen LogP contribution in [0.25, 0.3) is 22.0 Å². The van der Waals surface area contributed by atoms with Gasteiger partial charge in [0.15, 0.2) is 0 Å². The highest BCUT2D eigenvalue weighted by molar-refractivity contribution is 6.39. The summed E-state index contributed by atoms with van der Waals surface area (Å²) in [5.74, 6) is -1.17. The van der Waals surface area contributed by atoms with Gasteiger partial charge < -0.3 is 14.6 Å². The quantitative estimate of drug-likeness (QED) is 0.274. The number of methoxy groups -OCH3 is 1. The number of benzene rings is 3. The second kappa shape index (κ2) is 11.8. The van der Waals surface area contributed by atoms with Crippen LogP contribution in [0.15, 0.2) is 71.5 Å². The maximum absolute atomic E-state index is 13.4. The molecule has 3 aromatic carbocycles. The fourth-order valence-electron chi connectivity index (χ4n) is 4.69. The van der Waals surface area contributed by atoms with Crippen molar-refractivity contribution in [3.05, 3.63) is 104 Å². The van der Waals surface area contributed by atoms with Crippen LogP contribution < -0.4 is 10.9 Å². The van der Waals surface area contributed by atoms with Crippen molar-refractivity contribution < 1.29 is 14.3 Å². The van der Waals surface area contributed by atoms with Gasteiger partial charge in [0.1, 0.15) is 6.04 Å². The number of hydrogen-bond donors (Lipinski definition) is 1. The fourth-order valence-corrected chi connectivity index (χ4v) is 5.26. The van der Waals surface area contributed by atoms with E-state index in [-0.39, 0.29) is 27.6 Å². The first-order chi connectivity index (χ1) is 18.3. The first kappa shape index (κ1) is 27.4. The van der Waals surface area contributed by atoms with Crippen molar-refractivity contribution >= 4 is 46.0 Å². The molecular weight excluding hydrogens is 523 g/mol. The van der Waals surface area contributed by atoms with Gasteiger partial charge in [-0.25, -0.2) is 4.79 Å². The summed E-state index contributed by atoms with van der Waals surface area (Å²) in [6.45, 7) is 2.09. The number of nitrogens with one attached hydrogen (secondary N) is 1. The standard InChI is InChI=1S/C30H28Cl2N2O4/c1-4-8-21-20-9-5-6-12-25(20)34(2)29(36)26(21)19-15-13-18(14-16-19)17-24(30(37)38-3)33-28(35)27-22(31)10-7-11-23(27)32/h5-7,9-16,24H,4,8,17H2,1-3H3,(H,33,35)/t24-/m0/s1. The van der Waals surface area contributed by atoms with Crippen LogP contribution in [-0.2, 0) is 29.4 Å². The van der Waals surface area contributed by atoms with Crippen molar-refractivity contribution in [3.63, 3.8) is 0 Å². The zero-order chi connectivity index (χ0) is 27.4. The van der Waals surface area contributed by atoms with Gasteiger partial charge in [-0.2, -0.15) is 0 Å². The Morgan fingerprint density at radius 1 is 0.974 bits per heavy atom. The molecule has 1 heterocycles. The van der Waals surface area contributed by atoms with Crippen molar-refractivity contribution in [1.29, 1.82) is 0 Å². The van der Waals surface area contributed by atoms with Gasteiger partial charge in [0.05, 0.1) is 33.8 Å². The Labute approximate surface area is 231 Å². The molecule has 0 fully saturated rings. The second-order valence-electron chi connectivity index (χ2n) is 9.03. The molecule has 0 spiro atoms. The predicted molar refractivity (Wildman–Crippen MR) is 152 cm³/mol. The molecule has 1 N–H and O–H groups in total. The normalized spacial score (nSPS) is 11.8. The van der Waals surface area contributed by atoms with Crippen LogP contribution in [0.2, 0.25) is 10.0 Å². The zero-order valence-electron chi connectivity index (χ0n) is 21.4. The Morgan fingerprint density at radius 2 is 1.63 bits per heavy atom. The lowest BCUT2D eigenvalue weighted by atomic mass is 9.93. The highest BCUT2D eigenvalue weighted by Gasteiger charge is 2.25. The molecule has 0 radical (unpaired) electrons. The van der Waals surface area contributed by atoms with Gasteiger partial charge in [-0.05, 0) is 41.3 Å². The molecule has 1 atom stereocenters. The molecule has 38 heavy (non-hydrogen) atoms. The molecule has 8 heteroatoms. The first-order valence-corrected chi connectivity index (χ1v) is 13.0. The summed E-state index contributed by atoms with van der Waals surface area (Å²) < 4.78 is 6.60. The van der Waals surface area contributed by atoms with Crippen molar-refractivity contribution in [3.8, 4) is 11.1 Å². The van der Waals surface area contributed by atoms with Gasteiger partial charge in [-0.15, -0.1) is 0 Å². The summed E-state index contributed by atoms with van der Waals surface area (Å²) in [7, 11) is 3.05. The summed E-state index contributed by atoms with van der Waals surface area (Å²) in [4.78, 5) is 38.8. The Hall–Kier alpha value is -3.61. The molecule has 1 amide bonds. The molecule has 0 saturated carbocycles. The van der Waals surface area contributed by atoms with Gasteiger partial charge in [0.2, 0.25) is 0 Å². The molecule has 0 aliphatic rings. The third-order valence-corrected chi connectivity index (χ3v) is 7.20. The van der Waals surface area contributed by atoms with E-state index in [1.54, 1.807) is 29.8 Å². The van der Waals surface area contributed by atoms with E-state index in [0.717, 1.165) is 40.4 Å². The number of aromatic nitrogens is 1. The number of nitrogens with zero attached hydrogens (tertiary/aromatic N) is 1. The summed E-state index contributed by atoms with van der Waals surface area (Å²) in [6, 6.07) is 19.2. The molecule has 196 valence electrons. The number of amides is 1. The number of para-hydroxylation sites is 1. The van der Waals surface area contributed by atoms with E-state index < -0.39 is 17.9 Å². The number of carbonyl (C=O) groups is 2. The van der Waals surface area contributed by atoms with Crippen LogP contribution in [-0.4, -0.2) is 29.6 Å². The number of aryl methyl sites for hydroxylation is 2. The van der Waals surface area contributed by atoms with Crippen molar-refractivity contribution in [2.75, 3.05) is 7.11 Å². The van der Waals surface area contributed by atoms with Crippen LogP contribution >= 0.6 is 23.2 Å². The lowest BCUT2D eigenvalue weighted by Gasteiger charge is -2.18. The Kier molecular flexibility index (Phi) is 8.55. The van der Waals surface area contributed by atoms with Crippen molar-refractivity contribution in [2.24, 2.45) is 7.05 Å². The van der Waals surface area contributed by atoms with E-state index in [9.17, 15) is 14.4 Å². The number of fused-ring (bicyclic) bond motifs is 1. The number of hydrogen-bond acceptors (Lipinski definition) is 4. The van der Waals surface area contributed by atoms with Gasteiger partial charge in [-0.1, -0.05) is 85.1 Å². The SMILES string of the molecule is CCCc1c(-c2ccc(C[C@H](NC(=O)c3c(Cl)cccc3Cl)C(=O)OC)cc2)c(=O)n(C)c2ccccc12. The average Bonchev–Trinajstić information content (AvgIpc) is 2.91. The zero-order valence-corrected chi connectivity index (χ0v) is 22.9. The molecule has 4 aromatic rings. The summed E-state index contributed by atoms with van der Waals surface area (Å²) in [5, 5.41) is 4.11. The molecule has 0 unspecified atom stereocenters. The van der Waals surface area contributed by atoms with Gasteiger partial charge in [0, 0.05) is 18.9 Å². The summed E-state index contributed by atoms with van der Waals surface area (Å²) in [6.07, 6.45) is 1.85. The molecule has 4 rings (SSSR count). The highest BCUT2D eigenvalue weighted by Crippen LogP contribution is 2.29. The minimum Gasteiger partial charge on any atom is -0.467 e. The highest BCUT2D eigenvalue weighted by atomic mass is 35.5. The Bertz CT molecular complexity index is 1540. The number of carbonyl (C=O) groups excluding carboxylic acids is 2. The minimum atomic E-state index is -0.963. The topological polar surface area (TPSA) is 77.4 Å². The molecule has 0 aliphatic heterocycles. The number of esters is 1. The van der Waals surface area contributed by atoms with Crippen molar-refractivity contribution in [1.82, 2.24) is 9.88 Å². The number of halogens is 2. The molecule has 6 nitrogen and oxygen atoms in total. The van der Waals surface area contributed by atoms with Crippen LogP contribution in [0.3, 0.4) is 0 Å². The van der Waals surface area contributed by atoms with E-state index in [1.807, 2.05) is 48.5 Å². The number of rotatable bonds is 8. The Balaban J connectivity index is 1.66. The van der Waals surface area contributed by atoms with Crippen LogP contribution in [0.1, 0.15) is 34.8 Å². The van der Waals surface area contributed by atoms with E-state index >= 15 is 0 Å². The maximum atomic E-state index is 13.4. The lowest BCUT2D eigenvalue weighted by molar-refractivity contribution is -0.142. The fraction of sp³-hybridized carbons (Fsp3) is 0.233. The molecular formula is C30H28Cl2N2O4. The van der Waals surface area contributed by atoms with Crippen molar-refractivity contribution in [2.45, 2.75) is 32.2 Å². The predicted octanol–water partition coefficient (Wildman–Crippen LogP) is 5.98. The monoisotopic (exact) mass is 550 g/mol. The largest absolute Gasteiger partial charge is 0.467 e. The first-order valence-electron chi connectivity index (χ1n) is 12.3. The summed E-state index contributed by atoms with van der Waals surface area (Å²) in [5.41, 5.74) is 4.21. The third kappa shape index (κ3) is 5.47. The maximum Gasteiger partial charge on any atom is 0.328 e. The van der Waals surface area contributed by atoms with Gasteiger partial charge >= 0.3 is 5.97 Å². The van der Waals surface area contributed by atoms with E-state index in [4.69, 9.17) is 27.9 Å². The summed E-state index contributed by atoms with van der Waals surface area (Å²) >= 11 is 12.3. The van der Waals surface area contributed by atoms with Crippen LogP contribution in [0.4, 0.5) is 0 Å².